The summed E-state index contributed by atoms with van der Waals surface area (Å²) in [5, 5.41) is 12.5. The monoisotopic (exact) mass is 336 g/mol. The minimum absolute atomic E-state index is 0.0140. The number of amides is 2. The van der Waals surface area contributed by atoms with E-state index in [1.807, 2.05) is 6.92 Å². The fourth-order valence-electron chi connectivity index (χ4n) is 3.50. The number of nitrogens with zero attached hydrogens (tertiary/aromatic N) is 3. The Bertz CT molecular complexity index is 489. The molecule has 1 aliphatic heterocycles. The number of nitrogens with one attached hydrogen (secondary N) is 1. The molecule has 0 aromatic rings. The first-order chi connectivity index (χ1) is 11.5. The molecule has 0 aromatic carbocycles. The van der Waals surface area contributed by atoms with E-state index in [1.54, 1.807) is 4.90 Å². The molecule has 1 unspecified atom stereocenters. The van der Waals surface area contributed by atoms with Crippen molar-refractivity contribution in [1.82, 2.24) is 15.1 Å². The Balaban J connectivity index is 1.86. The van der Waals surface area contributed by atoms with Gasteiger partial charge in [0, 0.05) is 33.3 Å². The fraction of sp³-hybridized carbons (Fsp3) is 0.824. The van der Waals surface area contributed by atoms with Crippen molar-refractivity contribution in [3.05, 3.63) is 0 Å². The van der Waals surface area contributed by atoms with Crippen molar-refractivity contribution < 1.29 is 14.3 Å². The summed E-state index contributed by atoms with van der Waals surface area (Å²) < 4.78 is 4.88. The molecule has 1 atom stereocenters. The molecular weight excluding hydrogens is 308 g/mol. The van der Waals surface area contributed by atoms with Gasteiger partial charge in [0.05, 0.1) is 12.1 Å². The zero-order valence-electron chi connectivity index (χ0n) is 14.7. The van der Waals surface area contributed by atoms with E-state index in [0.717, 1.165) is 32.1 Å². The molecule has 0 spiro atoms. The van der Waals surface area contributed by atoms with Gasteiger partial charge in [-0.1, -0.05) is 19.3 Å². The van der Waals surface area contributed by atoms with Crippen LogP contribution in [0.5, 0.6) is 0 Å². The smallest absolute Gasteiger partial charge is 0.248 e. The van der Waals surface area contributed by atoms with Crippen LogP contribution in [0.25, 0.3) is 0 Å². The van der Waals surface area contributed by atoms with Gasteiger partial charge < -0.3 is 15.0 Å². The maximum atomic E-state index is 12.6. The lowest BCUT2D eigenvalue weighted by molar-refractivity contribution is -0.138. The Morgan fingerprint density at radius 1 is 1.21 bits per heavy atom. The molecule has 1 aliphatic carbocycles. The minimum Gasteiger partial charge on any atom is -0.375 e. The first-order valence-electron chi connectivity index (χ1n) is 8.75. The van der Waals surface area contributed by atoms with Gasteiger partial charge in [-0.3, -0.25) is 14.5 Å². The van der Waals surface area contributed by atoms with Crippen LogP contribution in [0.4, 0.5) is 0 Å². The fourth-order valence-corrected chi connectivity index (χ4v) is 3.50. The molecule has 2 amide bonds. The molecule has 134 valence electrons. The van der Waals surface area contributed by atoms with Crippen LogP contribution >= 0.6 is 0 Å². The lowest BCUT2D eigenvalue weighted by Gasteiger charge is -2.39. The number of hydrogen-bond donors (Lipinski definition) is 1. The molecular formula is C17H28N4O3. The standard InChI is InChI=1S/C17H28N4O3/c1-14(16(23)19-17(13-18)6-4-3-5-7-17)20-8-10-21(11-9-20)15(22)12-24-2/h14H,3-12H2,1-2H3,(H,19,23). The van der Waals surface area contributed by atoms with E-state index in [4.69, 9.17) is 4.74 Å². The van der Waals surface area contributed by atoms with E-state index in [0.29, 0.717) is 26.2 Å². The van der Waals surface area contributed by atoms with E-state index in [2.05, 4.69) is 16.3 Å². The Hall–Kier alpha value is -1.65. The topological polar surface area (TPSA) is 85.7 Å². The van der Waals surface area contributed by atoms with E-state index in [1.165, 1.54) is 7.11 Å². The number of ether oxygens (including phenoxy) is 1. The van der Waals surface area contributed by atoms with E-state index in [9.17, 15) is 14.9 Å². The van der Waals surface area contributed by atoms with E-state index >= 15 is 0 Å². The Kier molecular flexibility index (Phi) is 6.58. The van der Waals surface area contributed by atoms with Gasteiger partial charge in [0.25, 0.3) is 0 Å². The van der Waals surface area contributed by atoms with Gasteiger partial charge in [-0.05, 0) is 19.8 Å². The largest absolute Gasteiger partial charge is 0.375 e. The average molecular weight is 336 g/mol. The summed E-state index contributed by atoms with van der Waals surface area (Å²) in [7, 11) is 1.51. The first-order valence-corrected chi connectivity index (χ1v) is 8.75. The van der Waals surface area contributed by atoms with Crippen LogP contribution in [0.2, 0.25) is 0 Å². The van der Waals surface area contributed by atoms with Crippen LogP contribution < -0.4 is 5.32 Å². The number of carbonyl (C=O) groups excluding carboxylic acids is 2. The maximum Gasteiger partial charge on any atom is 0.248 e. The van der Waals surface area contributed by atoms with Gasteiger partial charge in [-0.25, -0.2) is 0 Å². The Morgan fingerprint density at radius 2 is 1.83 bits per heavy atom. The van der Waals surface area contributed by atoms with Gasteiger partial charge >= 0.3 is 0 Å². The quantitative estimate of drug-likeness (QED) is 0.790. The van der Waals surface area contributed by atoms with Gasteiger partial charge in [0.2, 0.25) is 11.8 Å². The second-order valence-electron chi connectivity index (χ2n) is 6.77. The summed E-state index contributed by atoms with van der Waals surface area (Å²) >= 11 is 0. The summed E-state index contributed by atoms with van der Waals surface area (Å²) in [6.07, 6.45) is 4.58. The van der Waals surface area contributed by atoms with Gasteiger partial charge in [0.15, 0.2) is 0 Å². The highest BCUT2D eigenvalue weighted by molar-refractivity contribution is 5.82. The number of carbonyl (C=O) groups is 2. The van der Waals surface area contributed by atoms with Crippen molar-refractivity contribution in [2.24, 2.45) is 0 Å². The summed E-state index contributed by atoms with van der Waals surface area (Å²) in [6, 6.07) is 2.03. The lowest BCUT2D eigenvalue weighted by atomic mass is 9.82. The highest BCUT2D eigenvalue weighted by atomic mass is 16.5. The normalized spacial score (nSPS) is 22.5. The highest BCUT2D eigenvalue weighted by Gasteiger charge is 2.36. The van der Waals surface area contributed by atoms with Crippen molar-refractivity contribution in [2.75, 3.05) is 39.9 Å². The van der Waals surface area contributed by atoms with Crippen molar-refractivity contribution in [1.29, 1.82) is 5.26 Å². The molecule has 7 heteroatoms. The maximum absolute atomic E-state index is 12.6. The summed E-state index contributed by atoms with van der Waals surface area (Å²) in [4.78, 5) is 28.2. The van der Waals surface area contributed by atoms with E-state index < -0.39 is 5.54 Å². The summed E-state index contributed by atoms with van der Waals surface area (Å²) in [6.45, 7) is 4.48. The third kappa shape index (κ3) is 4.46. The molecule has 2 rings (SSSR count). The highest BCUT2D eigenvalue weighted by Crippen LogP contribution is 2.27. The predicted molar refractivity (Wildman–Crippen MR) is 89.1 cm³/mol. The number of rotatable bonds is 5. The second-order valence-corrected chi connectivity index (χ2v) is 6.77. The van der Waals surface area contributed by atoms with Crippen LogP contribution in [0.15, 0.2) is 0 Å². The van der Waals surface area contributed by atoms with Crippen molar-refractivity contribution in [3.63, 3.8) is 0 Å². The first kappa shape index (κ1) is 18.7. The molecule has 7 nitrogen and oxygen atoms in total. The van der Waals surface area contributed by atoms with Crippen LogP contribution in [0, 0.1) is 11.3 Å². The molecule has 0 aromatic heterocycles. The van der Waals surface area contributed by atoms with Crippen molar-refractivity contribution >= 4 is 11.8 Å². The third-order valence-corrected chi connectivity index (χ3v) is 5.15. The molecule has 0 bridgehead atoms. The summed E-state index contributed by atoms with van der Waals surface area (Å²) in [5.74, 6) is -0.102. The molecule has 0 radical (unpaired) electrons. The molecule has 1 N–H and O–H groups in total. The summed E-state index contributed by atoms with van der Waals surface area (Å²) in [5.41, 5.74) is -0.695. The zero-order chi connectivity index (χ0) is 17.6. The number of piperazine rings is 1. The molecule has 1 saturated heterocycles. The second kappa shape index (κ2) is 8.45. The third-order valence-electron chi connectivity index (χ3n) is 5.15. The van der Waals surface area contributed by atoms with Crippen LogP contribution in [-0.2, 0) is 14.3 Å². The van der Waals surface area contributed by atoms with E-state index in [-0.39, 0.29) is 24.5 Å². The molecule has 24 heavy (non-hydrogen) atoms. The van der Waals surface area contributed by atoms with Crippen LogP contribution in [0.1, 0.15) is 39.0 Å². The lowest BCUT2D eigenvalue weighted by Crippen LogP contribution is -2.58. The van der Waals surface area contributed by atoms with Crippen molar-refractivity contribution in [2.45, 2.75) is 50.6 Å². The molecule has 2 fully saturated rings. The Morgan fingerprint density at radius 3 is 2.38 bits per heavy atom. The predicted octanol–water partition coefficient (Wildman–Crippen LogP) is 0.508. The molecule has 1 saturated carbocycles. The zero-order valence-corrected chi connectivity index (χ0v) is 14.7. The van der Waals surface area contributed by atoms with Gasteiger partial charge in [-0.2, -0.15) is 5.26 Å². The number of nitriles is 1. The van der Waals surface area contributed by atoms with Gasteiger partial charge in [0.1, 0.15) is 12.1 Å². The number of hydrogen-bond acceptors (Lipinski definition) is 5. The van der Waals surface area contributed by atoms with Gasteiger partial charge in [-0.15, -0.1) is 0 Å². The molecule has 1 heterocycles. The van der Waals surface area contributed by atoms with Crippen molar-refractivity contribution in [3.8, 4) is 6.07 Å². The Labute approximate surface area is 143 Å². The SMILES string of the molecule is COCC(=O)N1CCN(C(C)C(=O)NC2(C#N)CCCCC2)CC1. The molecule has 2 aliphatic rings. The average Bonchev–Trinajstić information content (AvgIpc) is 2.62. The van der Waals surface area contributed by atoms with Crippen LogP contribution in [0.3, 0.4) is 0 Å². The minimum atomic E-state index is -0.695. The van der Waals surface area contributed by atoms with Crippen LogP contribution in [-0.4, -0.2) is 73.1 Å². The number of methoxy groups -OCH3 is 1.